The molecule has 0 saturated heterocycles. The van der Waals surface area contributed by atoms with Crippen molar-refractivity contribution in [1.82, 2.24) is 25.1 Å². The van der Waals surface area contributed by atoms with Crippen LogP contribution in [0.2, 0.25) is 0 Å². The number of nitrogens with one attached hydrogen (secondary N) is 1. The quantitative estimate of drug-likeness (QED) is 0.920. The molecule has 118 valence electrons. The van der Waals surface area contributed by atoms with E-state index >= 15 is 0 Å². The highest BCUT2D eigenvalue weighted by molar-refractivity contribution is 5.94. The average molecular weight is 301 g/mol. The normalized spacial score (nSPS) is 12.5. The molecule has 0 aliphatic heterocycles. The number of hydrogen-bond acceptors (Lipinski definition) is 4. The first kappa shape index (κ1) is 16.1. The third kappa shape index (κ3) is 3.90. The largest absolute Gasteiger partial charge is 0.342 e. The summed E-state index contributed by atoms with van der Waals surface area (Å²) in [7, 11) is 1.84. The molecule has 0 spiro atoms. The molecule has 2 aromatic rings. The summed E-state index contributed by atoms with van der Waals surface area (Å²) in [4.78, 5) is 21.1. The first-order valence-corrected chi connectivity index (χ1v) is 7.47. The van der Waals surface area contributed by atoms with E-state index in [1.54, 1.807) is 16.8 Å². The van der Waals surface area contributed by atoms with Gasteiger partial charge >= 0.3 is 0 Å². The van der Waals surface area contributed by atoms with E-state index in [1.807, 2.05) is 20.9 Å². The minimum Gasteiger partial charge on any atom is -0.342 e. The molecule has 22 heavy (non-hydrogen) atoms. The third-order valence-electron chi connectivity index (χ3n) is 3.41. The predicted molar refractivity (Wildman–Crippen MR) is 84.4 cm³/mol. The van der Waals surface area contributed by atoms with Gasteiger partial charge < -0.3 is 5.32 Å². The van der Waals surface area contributed by atoms with Crippen molar-refractivity contribution in [1.29, 1.82) is 0 Å². The summed E-state index contributed by atoms with van der Waals surface area (Å²) < 4.78 is 1.70. The molecule has 1 amide bonds. The number of carbonyl (C=O) groups is 1. The second-order valence-corrected chi connectivity index (χ2v) is 6.04. The summed E-state index contributed by atoms with van der Waals surface area (Å²) >= 11 is 0. The van der Waals surface area contributed by atoms with Gasteiger partial charge in [-0.2, -0.15) is 5.10 Å². The molecule has 2 aromatic heterocycles. The Kier molecular flexibility index (Phi) is 4.90. The fourth-order valence-electron chi connectivity index (χ4n) is 2.53. The molecule has 1 unspecified atom stereocenters. The number of nitrogens with zero attached hydrogens (tertiary/aromatic N) is 4. The lowest BCUT2D eigenvalue weighted by atomic mass is 10.0. The van der Waals surface area contributed by atoms with Gasteiger partial charge in [-0.05, 0) is 38.3 Å². The van der Waals surface area contributed by atoms with Crippen LogP contribution in [0.3, 0.4) is 0 Å². The monoisotopic (exact) mass is 301 g/mol. The van der Waals surface area contributed by atoms with E-state index < -0.39 is 0 Å². The van der Waals surface area contributed by atoms with Crippen LogP contribution >= 0.6 is 0 Å². The highest BCUT2D eigenvalue weighted by Gasteiger charge is 2.21. The molecule has 0 aliphatic rings. The van der Waals surface area contributed by atoms with E-state index in [9.17, 15) is 4.79 Å². The summed E-state index contributed by atoms with van der Waals surface area (Å²) in [5.74, 6) is 1.09. The Hall–Kier alpha value is -2.24. The van der Waals surface area contributed by atoms with Gasteiger partial charge in [0.05, 0.1) is 6.04 Å². The van der Waals surface area contributed by atoms with Crippen LogP contribution in [0, 0.1) is 19.8 Å². The maximum absolute atomic E-state index is 12.6. The Labute approximate surface area is 131 Å². The van der Waals surface area contributed by atoms with Crippen molar-refractivity contribution in [3.05, 3.63) is 41.2 Å². The fraction of sp³-hybridized carbons (Fsp3) is 0.500. The first-order valence-electron chi connectivity index (χ1n) is 7.47. The molecule has 0 fully saturated rings. The predicted octanol–water partition coefficient (Wildman–Crippen LogP) is 2.34. The van der Waals surface area contributed by atoms with E-state index in [0.717, 1.165) is 23.6 Å². The lowest BCUT2D eigenvalue weighted by Crippen LogP contribution is -2.31. The zero-order valence-electron chi connectivity index (χ0n) is 13.8. The van der Waals surface area contributed by atoms with Crippen LogP contribution in [0.5, 0.6) is 0 Å². The van der Waals surface area contributed by atoms with E-state index in [0.29, 0.717) is 11.5 Å². The molecule has 6 heteroatoms. The summed E-state index contributed by atoms with van der Waals surface area (Å²) in [5.41, 5.74) is 2.30. The zero-order valence-corrected chi connectivity index (χ0v) is 13.8. The van der Waals surface area contributed by atoms with Crippen molar-refractivity contribution in [2.24, 2.45) is 13.0 Å². The molecule has 0 bridgehead atoms. The second kappa shape index (κ2) is 6.68. The maximum atomic E-state index is 12.6. The number of aromatic nitrogens is 4. The Balaban J connectivity index is 2.23. The Bertz CT molecular complexity index is 642. The van der Waals surface area contributed by atoms with E-state index in [-0.39, 0.29) is 11.9 Å². The minimum atomic E-state index is -0.159. The molecule has 2 rings (SSSR count). The van der Waals surface area contributed by atoms with Crippen molar-refractivity contribution < 1.29 is 4.79 Å². The number of amides is 1. The Morgan fingerprint density at radius 3 is 2.41 bits per heavy atom. The van der Waals surface area contributed by atoms with Gasteiger partial charge in [-0.1, -0.05) is 13.8 Å². The number of carbonyl (C=O) groups excluding carboxylic acids is 1. The molecular formula is C16H23N5O. The first-order chi connectivity index (χ1) is 10.4. The third-order valence-corrected chi connectivity index (χ3v) is 3.41. The highest BCUT2D eigenvalue weighted by atomic mass is 16.1. The number of hydrogen-bond donors (Lipinski definition) is 1. The van der Waals surface area contributed by atoms with Gasteiger partial charge in [0.15, 0.2) is 0 Å². The Morgan fingerprint density at radius 1 is 1.27 bits per heavy atom. The lowest BCUT2D eigenvalue weighted by Gasteiger charge is -2.20. The van der Waals surface area contributed by atoms with Crippen molar-refractivity contribution in [2.75, 3.05) is 0 Å². The molecule has 0 saturated carbocycles. The van der Waals surface area contributed by atoms with E-state index in [4.69, 9.17) is 0 Å². The van der Waals surface area contributed by atoms with Gasteiger partial charge in [0.1, 0.15) is 12.2 Å². The van der Waals surface area contributed by atoms with Crippen molar-refractivity contribution in [3.8, 4) is 0 Å². The highest BCUT2D eigenvalue weighted by Crippen LogP contribution is 2.19. The van der Waals surface area contributed by atoms with Gasteiger partial charge in [0.25, 0.3) is 5.91 Å². The van der Waals surface area contributed by atoms with Crippen molar-refractivity contribution in [3.63, 3.8) is 0 Å². The summed E-state index contributed by atoms with van der Waals surface area (Å²) in [5, 5.41) is 7.17. The summed E-state index contributed by atoms with van der Waals surface area (Å²) in [6.07, 6.45) is 2.32. The second-order valence-electron chi connectivity index (χ2n) is 6.04. The maximum Gasteiger partial charge on any atom is 0.252 e. The van der Waals surface area contributed by atoms with Crippen LogP contribution in [0.25, 0.3) is 0 Å². The Morgan fingerprint density at radius 2 is 1.91 bits per heavy atom. The van der Waals surface area contributed by atoms with Crippen LogP contribution in [-0.4, -0.2) is 25.7 Å². The molecule has 6 nitrogen and oxygen atoms in total. The van der Waals surface area contributed by atoms with Crippen LogP contribution < -0.4 is 5.32 Å². The number of aryl methyl sites for hydroxylation is 3. The minimum absolute atomic E-state index is 0.109. The van der Waals surface area contributed by atoms with Crippen LogP contribution in [0.1, 0.15) is 53.9 Å². The fourth-order valence-corrected chi connectivity index (χ4v) is 2.53. The van der Waals surface area contributed by atoms with Crippen molar-refractivity contribution >= 4 is 5.91 Å². The van der Waals surface area contributed by atoms with Crippen molar-refractivity contribution in [2.45, 2.75) is 40.2 Å². The standard InChI is InChI=1S/C16H23N5O/c1-10(2)6-14(15-17-9-18-21(15)5)20-16(22)13-7-11(3)19-12(4)8-13/h7-10,14H,6H2,1-5H3,(H,20,22). The van der Waals surface area contributed by atoms with E-state index in [2.05, 4.69) is 34.2 Å². The van der Waals surface area contributed by atoms with Gasteiger partial charge in [0.2, 0.25) is 0 Å². The van der Waals surface area contributed by atoms with E-state index in [1.165, 1.54) is 6.33 Å². The SMILES string of the molecule is Cc1cc(C(=O)NC(CC(C)C)c2ncnn2C)cc(C)n1. The van der Waals surface area contributed by atoms with Crippen LogP contribution in [0.15, 0.2) is 18.5 Å². The molecule has 2 heterocycles. The molecular weight excluding hydrogens is 278 g/mol. The van der Waals surface area contributed by atoms with Gasteiger partial charge in [0, 0.05) is 24.0 Å². The van der Waals surface area contributed by atoms with Crippen LogP contribution in [0.4, 0.5) is 0 Å². The van der Waals surface area contributed by atoms with Crippen LogP contribution in [-0.2, 0) is 7.05 Å². The molecule has 1 N–H and O–H groups in total. The van der Waals surface area contributed by atoms with Gasteiger partial charge in [-0.3, -0.25) is 14.5 Å². The lowest BCUT2D eigenvalue weighted by molar-refractivity contribution is 0.0928. The molecule has 0 aliphatic carbocycles. The number of rotatable bonds is 5. The molecule has 0 radical (unpaired) electrons. The number of pyridine rings is 1. The zero-order chi connectivity index (χ0) is 16.3. The van der Waals surface area contributed by atoms with Gasteiger partial charge in [-0.15, -0.1) is 0 Å². The van der Waals surface area contributed by atoms with Gasteiger partial charge in [-0.25, -0.2) is 4.98 Å². The topological polar surface area (TPSA) is 72.7 Å². The molecule has 1 atom stereocenters. The summed E-state index contributed by atoms with van der Waals surface area (Å²) in [6.45, 7) is 8.02. The summed E-state index contributed by atoms with van der Waals surface area (Å²) in [6, 6.07) is 3.44. The smallest absolute Gasteiger partial charge is 0.252 e. The molecule has 0 aromatic carbocycles. The average Bonchev–Trinajstić information content (AvgIpc) is 2.82.